The predicted octanol–water partition coefficient (Wildman–Crippen LogP) is 1.18. The van der Waals surface area contributed by atoms with Gasteiger partial charge in [0.2, 0.25) is 11.8 Å². The Morgan fingerprint density at radius 1 is 1.19 bits per heavy atom. The number of nitrogens with one attached hydrogen (secondary N) is 1. The molecule has 2 amide bonds. The van der Waals surface area contributed by atoms with E-state index in [2.05, 4.69) is 5.32 Å². The number of primary amides is 1. The Hall–Kier alpha value is -1.89. The van der Waals surface area contributed by atoms with E-state index in [0.29, 0.717) is 11.3 Å². The van der Waals surface area contributed by atoms with E-state index in [-0.39, 0.29) is 29.8 Å². The van der Waals surface area contributed by atoms with Crippen LogP contribution in [0.4, 0.5) is 5.69 Å². The van der Waals surface area contributed by atoms with Crippen molar-refractivity contribution < 1.29 is 18.0 Å². The van der Waals surface area contributed by atoms with Crippen molar-refractivity contribution in [3.05, 3.63) is 29.8 Å². The van der Waals surface area contributed by atoms with E-state index in [0.717, 1.165) is 0 Å². The van der Waals surface area contributed by atoms with Gasteiger partial charge in [0.25, 0.3) is 0 Å². The molecule has 0 aliphatic carbocycles. The molecule has 0 heterocycles. The number of benzene rings is 1. The maximum Gasteiger partial charge on any atom is 0.248 e. The first kappa shape index (κ1) is 17.2. The summed E-state index contributed by atoms with van der Waals surface area (Å²) in [6, 6.07) is 6.07. The van der Waals surface area contributed by atoms with Gasteiger partial charge in [0.1, 0.15) is 0 Å². The van der Waals surface area contributed by atoms with Crippen LogP contribution in [0.5, 0.6) is 0 Å². The van der Waals surface area contributed by atoms with Crippen molar-refractivity contribution in [1.82, 2.24) is 0 Å². The van der Waals surface area contributed by atoms with E-state index in [1.165, 1.54) is 12.1 Å². The van der Waals surface area contributed by atoms with E-state index >= 15 is 0 Å². The molecule has 0 spiro atoms. The molecule has 3 N–H and O–H groups in total. The number of anilines is 1. The minimum Gasteiger partial charge on any atom is -0.366 e. The molecule has 0 unspecified atom stereocenters. The minimum atomic E-state index is -3.21. The molecule has 0 saturated heterocycles. The van der Waals surface area contributed by atoms with Gasteiger partial charge in [-0.25, -0.2) is 8.42 Å². The number of hydrogen-bond donors (Lipinski definition) is 2. The molecule has 1 aromatic rings. The lowest BCUT2D eigenvalue weighted by Gasteiger charge is -2.08. The first-order valence-electron chi connectivity index (χ1n) is 6.60. The standard InChI is InChI=1S/C14H20N2O4S/c1-10(2)9-21(19,20)8-7-13(17)16-12-5-3-11(4-6-12)14(15)18/h3-6,10H,7-9H2,1-2H3,(H2,15,18)(H,16,17). The molecule has 1 aromatic carbocycles. The van der Waals surface area contributed by atoms with Gasteiger partial charge in [-0.15, -0.1) is 0 Å². The van der Waals surface area contributed by atoms with Crippen LogP contribution in [0.25, 0.3) is 0 Å². The van der Waals surface area contributed by atoms with Crippen molar-refractivity contribution in [1.29, 1.82) is 0 Å². The lowest BCUT2D eigenvalue weighted by atomic mass is 10.2. The Bertz CT molecular complexity index is 606. The molecular formula is C14H20N2O4S. The van der Waals surface area contributed by atoms with Crippen LogP contribution in [0, 0.1) is 5.92 Å². The smallest absolute Gasteiger partial charge is 0.248 e. The van der Waals surface area contributed by atoms with Crippen LogP contribution in [-0.2, 0) is 14.6 Å². The highest BCUT2D eigenvalue weighted by atomic mass is 32.2. The fourth-order valence-corrected chi connectivity index (χ4v) is 3.46. The number of amides is 2. The molecule has 7 heteroatoms. The van der Waals surface area contributed by atoms with Gasteiger partial charge >= 0.3 is 0 Å². The highest BCUT2D eigenvalue weighted by Gasteiger charge is 2.15. The molecule has 0 aromatic heterocycles. The number of rotatable bonds is 7. The van der Waals surface area contributed by atoms with E-state index in [9.17, 15) is 18.0 Å². The summed E-state index contributed by atoms with van der Waals surface area (Å²) in [5.74, 6) is -0.981. The normalized spacial score (nSPS) is 11.4. The molecule has 0 fully saturated rings. The first-order valence-corrected chi connectivity index (χ1v) is 8.42. The van der Waals surface area contributed by atoms with Crippen molar-refractivity contribution in [2.24, 2.45) is 11.7 Å². The maximum atomic E-state index is 11.7. The van der Waals surface area contributed by atoms with Crippen molar-refractivity contribution in [2.75, 3.05) is 16.8 Å². The molecule has 0 aliphatic rings. The van der Waals surface area contributed by atoms with E-state index < -0.39 is 15.7 Å². The molecule has 0 atom stereocenters. The van der Waals surface area contributed by atoms with Crippen molar-refractivity contribution in [3.8, 4) is 0 Å². The zero-order valence-electron chi connectivity index (χ0n) is 12.1. The SMILES string of the molecule is CC(C)CS(=O)(=O)CCC(=O)Nc1ccc(C(N)=O)cc1. The Labute approximate surface area is 124 Å². The number of sulfone groups is 1. The van der Waals surface area contributed by atoms with Gasteiger partial charge in [-0.3, -0.25) is 9.59 Å². The summed E-state index contributed by atoms with van der Waals surface area (Å²) in [5, 5.41) is 2.58. The van der Waals surface area contributed by atoms with Crippen LogP contribution >= 0.6 is 0 Å². The number of hydrogen-bond acceptors (Lipinski definition) is 4. The summed E-state index contributed by atoms with van der Waals surface area (Å²) in [4.78, 5) is 22.6. The molecule has 0 bridgehead atoms. The summed E-state index contributed by atoms with van der Waals surface area (Å²) in [6.45, 7) is 3.63. The van der Waals surface area contributed by atoms with Crippen LogP contribution in [-0.4, -0.2) is 31.7 Å². The lowest BCUT2D eigenvalue weighted by Crippen LogP contribution is -2.21. The molecule has 0 aliphatic heterocycles. The Balaban J connectivity index is 2.52. The van der Waals surface area contributed by atoms with Crippen molar-refractivity contribution in [2.45, 2.75) is 20.3 Å². The Morgan fingerprint density at radius 2 is 1.76 bits per heavy atom. The third-order valence-electron chi connectivity index (χ3n) is 2.68. The van der Waals surface area contributed by atoms with E-state index in [1.54, 1.807) is 12.1 Å². The van der Waals surface area contributed by atoms with Gasteiger partial charge in [0.05, 0.1) is 11.5 Å². The summed E-state index contributed by atoms with van der Waals surface area (Å²) < 4.78 is 23.4. The molecule has 116 valence electrons. The van der Waals surface area contributed by atoms with Crippen LogP contribution in [0.3, 0.4) is 0 Å². The molecule has 6 nitrogen and oxygen atoms in total. The molecule has 0 radical (unpaired) electrons. The Kier molecular flexibility index (Phi) is 5.90. The fraction of sp³-hybridized carbons (Fsp3) is 0.429. The summed E-state index contributed by atoms with van der Waals surface area (Å²) >= 11 is 0. The first-order chi connectivity index (χ1) is 9.69. The second-order valence-corrected chi connectivity index (χ2v) is 7.48. The summed E-state index contributed by atoms with van der Waals surface area (Å²) in [7, 11) is -3.21. The second kappa shape index (κ2) is 7.21. The number of nitrogens with two attached hydrogens (primary N) is 1. The largest absolute Gasteiger partial charge is 0.366 e. The molecule has 0 saturated carbocycles. The zero-order valence-corrected chi connectivity index (χ0v) is 12.9. The van der Waals surface area contributed by atoms with Crippen LogP contribution in [0.15, 0.2) is 24.3 Å². The van der Waals surface area contributed by atoms with E-state index in [4.69, 9.17) is 5.73 Å². The summed E-state index contributed by atoms with van der Waals surface area (Å²) in [6.07, 6.45) is -0.0907. The van der Waals surface area contributed by atoms with E-state index in [1.807, 2.05) is 13.8 Å². The molecule has 1 rings (SSSR count). The monoisotopic (exact) mass is 312 g/mol. The van der Waals surface area contributed by atoms with Gasteiger partial charge < -0.3 is 11.1 Å². The minimum absolute atomic E-state index is 0.0411. The third-order valence-corrected chi connectivity index (χ3v) is 4.68. The number of carbonyl (C=O) groups is 2. The van der Waals surface area contributed by atoms with Gasteiger partial charge in [-0.2, -0.15) is 0 Å². The van der Waals surface area contributed by atoms with Gasteiger partial charge in [-0.05, 0) is 30.2 Å². The van der Waals surface area contributed by atoms with Gasteiger partial charge in [0.15, 0.2) is 9.84 Å². The highest BCUT2D eigenvalue weighted by Crippen LogP contribution is 2.10. The third kappa shape index (κ3) is 6.40. The average molecular weight is 312 g/mol. The molecular weight excluding hydrogens is 292 g/mol. The van der Waals surface area contributed by atoms with Crippen molar-refractivity contribution >= 4 is 27.3 Å². The van der Waals surface area contributed by atoms with Crippen LogP contribution < -0.4 is 11.1 Å². The zero-order chi connectivity index (χ0) is 16.0. The summed E-state index contributed by atoms with van der Waals surface area (Å²) in [5.41, 5.74) is 5.94. The van der Waals surface area contributed by atoms with Crippen LogP contribution in [0.1, 0.15) is 30.6 Å². The predicted molar refractivity (Wildman–Crippen MR) is 81.7 cm³/mol. The highest BCUT2D eigenvalue weighted by molar-refractivity contribution is 7.91. The van der Waals surface area contributed by atoms with Gasteiger partial charge in [-0.1, -0.05) is 13.8 Å². The Morgan fingerprint density at radius 3 is 2.24 bits per heavy atom. The maximum absolute atomic E-state index is 11.7. The lowest BCUT2D eigenvalue weighted by molar-refractivity contribution is -0.115. The molecule has 21 heavy (non-hydrogen) atoms. The van der Waals surface area contributed by atoms with Gasteiger partial charge in [0, 0.05) is 17.7 Å². The second-order valence-electron chi connectivity index (χ2n) is 5.25. The number of carbonyl (C=O) groups excluding carboxylic acids is 2. The average Bonchev–Trinajstić information content (AvgIpc) is 2.36. The van der Waals surface area contributed by atoms with Crippen molar-refractivity contribution in [3.63, 3.8) is 0 Å². The van der Waals surface area contributed by atoms with Crippen LogP contribution in [0.2, 0.25) is 0 Å². The fourth-order valence-electron chi connectivity index (χ4n) is 1.78. The quantitative estimate of drug-likeness (QED) is 0.788. The topological polar surface area (TPSA) is 106 Å².